The van der Waals surface area contributed by atoms with Crippen molar-refractivity contribution < 1.29 is 13.2 Å². The first-order valence-electron chi connectivity index (χ1n) is 3.84. The minimum atomic E-state index is -4.23. The molecule has 5 heteroatoms. The Morgan fingerprint density at radius 2 is 2.00 bits per heavy atom. The summed E-state index contributed by atoms with van der Waals surface area (Å²) in [4.78, 5) is 3.82. The summed E-state index contributed by atoms with van der Waals surface area (Å²) < 4.78 is 36.7. The summed E-state index contributed by atoms with van der Waals surface area (Å²) in [6.45, 7) is 0. The van der Waals surface area contributed by atoms with Gasteiger partial charge in [-0.25, -0.2) is 4.99 Å². The maximum atomic E-state index is 12.2. The van der Waals surface area contributed by atoms with Gasteiger partial charge in [-0.15, -0.1) is 0 Å². The molecule has 13 heavy (non-hydrogen) atoms. The summed E-state index contributed by atoms with van der Waals surface area (Å²) in [7, 11) is 0. The fraction of sp³-hybridized carbons (Fsp3) is 0.375. The number of nitrogens with zero attached hydrogens (tertiary/aromatic N) is 1. The normalized spacial score (nSPS) is 21.8. The predicted octanol–water partition coefficient (Wildman–Crippen LogP) is 1.89. The minimum absolute atomic E-state index is 0.0130. The highest BCUT2D eigenvalue weighted by Gasteiger charge is 2.37. The van der Waals surface area contributed by atoms with Gasteiger partial charge in [-0.2, -0.15) is 13.2 Å². The maximum Gasteiger partial charge on any atom is 0.412 e. The van der Waals surface area contributed by atoms with Gasteiger partial charge in [-0.05, 0) is 18.9 Å². The van der Waals surface area contributed by atoms with Crippen LogP contribution < -0.4 is 5.73 Å². The summed E-state index contributed by atoms with van der Waals surface area (Å²) in [6, 6.07) is 0. The summed E-state index contributed by atoms with van der Waals surface area (Å²) in [6.07, 6.45) is -2.77. The van der Waals surface area contributed by atoms with E-state index in [1.807, 2.05) is 0 Å². The lowest BCUT2D eigenvalue weighted by molar-refractivity contribution is -0.0941. The Kier molecular flexibility index (Phi) is 1.52. The molecule has 0 aromatic heterocycles. The quantitative estimate of drug-likeness (QED) is 0.619. The summed E-state index contributed by atoms with van der Waals surface area (Å²) >= 11 is 0. The first-order chi connectivity index (χ1) is 5.98. The van der Waals surface area contributed by atoms with E-state index < -0.39 is 11.7 Å². The number of aliphatic imine (C=N–C) groups is 1. The molecule has 0 radical (unpaired) electrons. The molecule has 1 aliphatic heterocycles. The van der Waals surface area contributed by atoms with Gasteiger partial charge >= 0.3 is 6.18 Å². The number of hydrogen-bond donors (Lipinski definition) is 1. The van der Waals surface area contributed by atoms with E-state index in [9.17, 15) is 13.2 Å². The van der Waals surface area contributed by atoms with Crippen molar-refractivity contribution >= 4 is 5.84 Å². The molecule has 0 bridgehead atoms. The predicted molar refractivity (Wildman–Crippen MR) is 42.0 cm³/mol. The molecule has 0 saturated carbocycles. The Labute approximate surface area is 72.6 Å². The van der Waals surface area contributed by atoms with Crippen LogP contribution in [0.25, 0.3) is 0 Å². The molecule has 2 nitrogen and oxygen atoms in total. The number of rotatable bonds is 0. The highest BCUT2D eigenvalue weighted by molar-refractivity contribution is 6.06. The molecule has 2 N–H and O–H groups in total. The molecule has 70 valence electrons. The van der Waals surface area contributed by atoms with Crippen LogP contribution in [0.2, 0.25) is 0 Å². The van der Waals surface area contributed by atoms with Crippen LogP contribution >= 0.6 is 0 Å². The number of allylic oxidation sites excluding steroid dienone is 2. The van der Waals surface area contributed by atoms with E-state index in [1.54, 1.807) is 0 Å². The van der Waals surface area contributed by atoms with Crippen molar-refractivity contribution in [1.82, 2.24) is 0 Å². The van der Waals surface area contributed by atoms with E-state index in [0.29, 0.717) is 17.7 Å². The van der Waals surface area contributed by atoms with Gasteiger partial charge in [0.2, 0.25) is 0 Å². The molecule has 0 fully saturated rings. The number of hydrogen-bond acceptors (Lipinski definition) is 2. The van der Waals surface area contributed by atoms with Crippen molar-refractivity contribution in [3.63, 3.8) is 0 Å². The third-order valence-electron chi connectivity index (χ3n) is 2.16. The van der Waals surface area contributed by atoms with E-state index in [1.165, 1.54) is 0 Å². The first-order valence-corrected chi connectivity index (χ1v) is 3.84. The molecule has 0 aromatic rings. The van der Waals surface area contributed by atoms with E-state index >= 15 is 0 Å². The van der Waals surface area contributed by atoms with Crippen molar-refractivity contribution in [2.24, 2.45) is 10.7 Å². The van der Waals surface area contributed by atoms with Crippen LogP contribution in [0.3, 0.4) is 0 Å². The Morgan fingerprint density at radius 3 is 2.54 bits per heavy atom. The van der Waals surface area contributed by atoms with E-state index in [0.717, 1.165) is 6.08 Å². The smallest absolute Gasteiger partial charge is 0.383 e. The Bertz CT molecular complexity index is 347. The Balaban J connectivity index is 2.27. The zero-order chi connectivity index (χ0) is 9.64. The lowest BCUT2D eigenvalue weighted by atomic mass is 9.92. The summed E-state index contributed by atoms with van der Waals surface area (Å²) in [5, 5.41) is 0. The van der Waals surface area contributed by atoms with E-state index in [-0.39, 0.29) is 12.3 Å². The largest absolute Gasteiger partial charge is 0.412 e. The van der Waals surface area contributed by atoms with E-state index in [2.05, 4.69) is 4.99 Å². The van der Waals surface area contributed by atoms with Crippen LogP contribution in [0, 0.1) is 0 Å². The lowest BCUT2D eigenvalue weighted by Crippen LogP contribution is -2.27. The van der Waals surface area contributed by atoms with Crippen LogP contribution in [0.4, 0.5) is 13.2 Å². The number of alkyl halides is 3. The molecule has 0 unspecified atom stereocenters. The lowest BCUT2D eigenvalue weighted by Gasteiger charge is -2.24. The average Bonchev–Trinajstić information content (AvgIpc) is 2.00. The molecule has 2 rings (SSSR count). The van der Waals surface area contributed by atoms with Crippen LogP contribution in [-0.4, -0.2) is 12.0 Å². The molecular weight excluding hydrogens is 181 g/mol. The molecule has 1 heterocycles. The highest BCUT2D eigenvalue weighted by Crippen LogP contribution is 2.38. The van der Waals surface area contributed by atoms with Gasteiger partial charge in [0, 0.05) is 11.1 Å². The van der Waals surface area contributed by atoms with Crippen molar-refractivity contribution in [2.45, 2.75) is 19.0 Å². The molecule has 0 saturated heterocycles. The van der Waals surface area contributed by atoms with E-state index in [4.69, 9.17) is 5.73 Å². The van der Waals surface area contributed by atoms with Gasteiger partial charge in [-0.1, -0.05) is 0 Å². The van der Waals surface area contributed by atoms with Gasteiger partial charge in [0.1, 0.15) is 5.84 Å². The first kappa shape index (κ1) is 8.34. The Morgan fingerprint density at radius 1 is 1.31 bits per heavy atom. The highest BCUT2D eigenvalue weighted by atomic mass is 19.4. The van der Waals surface area contributed by atoms with Gasteiger partial charge in [-0.3, -0.25) is 0 Å². The van der Waals surface area contributed by atoms with Crippen LogP contribution in [0.5, 0.6) is 0 Å². The van der Waals surface area contributed by atoms with Gasteiger partial charge < -0.3 is 5.73 Å². The number of halogens is 3. The zero-order valence-electron chi connectivity index (χ0n) is 6.65. The van der Waals surface area contributed by atoms with Crippen molar-refractivity contribution in [2.75, 3.05) is 0 Å². The minimum Gasteiger partial charge on any atom is -0.383 e. The second kappa shape index (κ2) is 2.37. The zero-order valence-corrected chi connectivity index (χ0v) is 6.65. The van der Waals surface area contributed by atoms with Crippen LogP contribution in [0.15, 0.2) is 27.9 Å². The molecule has 2 aliphatic rings. The third kappa shape index (κ3) is 1.24. The Hall–Kier alpha value is -1.26. The van der Waals surface area contributed by atoms with Crippen LogP contribution in [0.1, 0.15) is 12.8 Å². The fourth-order valence-electron chi connectivity index (χ4n) is 1.43. The topological polar surface area (TPSA) is 38.4 Å². The molecular formula is C8H7F3N2. The standard InChI is InChI=1S/C8H7F3N2/c9-8(10,11)4-1-2-6-5(3-4)7(12)13-6/h3H,1-2H2,(H2,12,13). The maximum absolute atomic E-state index is 12.2. The van der Waals surface area contributed by atoms with Crippen molar-refractivity contribution in [3.05, 3.63) is 22.9 Å². The fourth-order valence-corrected chi connectivity index (χ4v) is 1.43. The summed E-state index contributed by atoms with van der Waals surface area (Å²) in [5.41, 5.74) is 5.98. The van der Waals surface area contributed by atoms with Gasteiger partial charge in [0.25, 0.3) is 0 Å². The van der Waals surface area contributed by atoms with Crippen LogP contribution in [-0.2, 0) is 0 Å². The third-order valence-corrected chi connectivity index (χ3v) is 2.16. The SMILES string of the molecule is NC1=NC2=C1C=C(C(F)(F)F)CC2. The number of amidine groups is 1. The van der Waals surface area contributed by atoms with Crippen molar-refractivity contribution in [3.8, 4) is 0 Å². The molecule has 1 aliphatic carbocycles. The molecule has 0 spiro atoms. The molecule has 0 aromatic carbocycles. The molecule has 0 atom stereocenters. The monoisotopic (exact) mass is 188 g/mol. The summed E-state index contributed by atoms with van der Waals surface area (Å²) in [5.74, 6) is 0.219. The van der Waals surface area contributed by atoms with Gasteiger partial charge in [0.15, 0.2) is 0 Å². The average molecular weight is 188 g/mol. The molecule has 0 amide bonds. The second-order valence-electron chi connectivity index (χ2n) is 3.02. The van der Waals surface area contributed by atoms with Crippen molar-refractivity contribution in [1.29, 1.82) is 0 Å². The number of nitrogens with two attached hydrogens (primary N) is 1. The second-order valence-corrected chi connectivity index (χ2v) is 3.02. The van der Waals surface area contributed by atoms with Gasteiger partial charge in [0.05, 0.1) is 5.70 Å².